The first-order valence-corrected chi connectivity index (χ1v) is 16.2. The van der Waals surface area contributed by atoms with E-state index in [1.54, 1.807) is 13.8 Å². The molecule has 2 amide bonds. The molecule has 0 radical (unpaired) electrons. The van der Waals surface area contributed by atoms with Gasteiger partial charge in [-0.05, 0) is 35.6 Å². The number of piperazine rings is 1. The number of halogens is 3. The minimum Gasteiger partial charge on any atom is -0.447 e. The van der Waals surface area contributed by atoms with Gasteiger partial charge >= 0.3 is 12.3 Å². The number of ether oxygens (including phenoxy) is 1. The normalized spacial score (nSPS) is 18.7. The van der Waals surface area contributed by atoms with E-state index in [4.69, 9.17) is 4.74 Å². The van der Waals surface area contributed by atoms with Gasteiger partial charge in [0.15, 0.2) is 0 Å². The molecule has 3 heterocycles. The van der Waals surface area contributed by atoms with Gasteiger partial charge in [0.1, 0.15) is 6.61 Å². The van der Waals surface area contributed by atoms with Gasteiger partial charge in [-0.15, -0.1) is 0 Å². The molecule has 240 valence electrons. The lowest BCUT2D eigenvalue weighted by Crippen LogP contribution is -2.52. The van der Waals surface area contributed by atoms with E-state index in [9.17, 15) is 31.2 Å². The van der Waals surface area contributed by atoms with Crippen molar-refractivity contribution in [2.75, 3.05) is 43.4 Å². The predicted molar refractivity (Wildman–Crippen MR) is 160 cm³/mol. The highest BCUT2D eigenvalue weighted by Gasteiger charge is 2.44. The average Bonchev–Trinajstić information content (AvgIpc) is 3.39. The zero-order chi connectivity index (χ0) is 32.4. The van der Waals surface area contributed by atoms with Gasteiger partial charge in [0.2, 0.25) is 21.9 Å². The number of anilines is 1. The van der Waals surface area contributed by atoms with Gasteiger partial charge in [0.05, 0.1) is 23.3 Å². The van der Waals surface area contributed by atoms with E-state index < -0.39 is 51.5 Å². The Bertz CT molecular complexity index is 1600. The fraction of sp³-hybridized carbons (Fsp3) is 0.419. The molecule has 2 aromatic carbocycles. The monoisotopic (exact) mass is 645 g/mol. The number of carbonyl (C=O) groups is 2. The van der Waals surface area contributed by atoms with Crippen LogP contribution in [0.25, 0.3) is 11.1 Å². The van der Waals surface area contributed by atoms with E-state index >= 15 is 0 Å². The topological polar surface area (TPSA) is 113 Å². The van der Waals surface area contributed by atoms with Gasteiger partial charge in [0, 0.05) is 44.1 Å². The minimum atomic E-state index is -4.42. The third kappa shape index (κ3) is 7.44. The Morgan fingerprint density at radius 1 is 0.956 bits per heavy atom. The summed E-state index contributed by atoms with van der Waals surface area (Å²) < 4.78 is 72.2. The van der Waals surface area contributed by atoms with E-state index in [1.165, 1.54) is 28.8 Å². The summed E-state index contributed by atoms with van der Waals surface area (Å²) in [6, 6.07) is 13.6. The van der Waals surface area contributed by atoms with Crippen molar-refractivity contribution in [2.24, 2.45) is 11.8 Å². The van der Waals surface area contributed by atoms with Gasteiger partial charge in [-0.3, -0.25) is 4.79 Å². The maximum absolute atomic E-state index is 13.7. The molecular formula is C31H34F3N5O5S. The van der Waals surface area contributed by atoms with E-state index in [1.807, 2.05) is 35.2 Å². The van der Waals surface area contributed by atoms with Gasteiger partial charge in [-0.1, -0.05) is 56.3 Å². The number of nitrogens with zero attached hydrogens (tertiary/aromatic N) is 5. The van der Waals surface area contributed by atoms with Crippen LogP contribution in [0.4, 0.5) is 23.9 Å². The van der Waals surface area contributed by atoms with Crippen LogP contribution in [0.1, 0.15) is 25.0 Å². The Balaban J connectivity index is 1.20. The minimum absolute atomic E-state index is 0.0480. The van der Waals surface area contributed by atoms with Crippen LogP contribution in [0.15, 0.2) is 67.0 Å². The fourth-order valence-electron chi connectivity index (χ4n) is 5.48. The molecule has 0 N–H and O–H groups in total. The Labute approximate surface area is 259 Å². The number of sulfonamides is 1. The van der Waals surface area contributed by atoms with Crippen LogP contribution < -0.4 is 4.90 Å². The molecule has 2 unspecified atom stereocenters. The highest BCUT2D eigenvalue weighted by atomic mass is 32.2. The summed E-state index contributed by atoms with van der Waals surface area (Å²) in [5.74, 6) is -1.93. The number of carbonyl (C=O) groups excluding carboxylic acids is 2. The SMILES string of the molecule is CC(C)C(CS(=O)(=O)N1CCN(c2ncc(-c3ccc(C(F)(F)F)cc3)cn2)CC1)C(=O)N1C(=O)OCC1Cc1ccccc1. The quantitative estimate of drug-likeness (QED) is 0.335. The molecule has 14 heteroatoms. The summed E-state index contributed by atoms with van der Waals surface area (Å²) in [6.45, 7) is 4.46. The maximum atomic E-state index is 13.7. The Morgan fingerprint density at radius 2 is 1.58 bits per heavy atom. The summed E-state index contributed by atoms with van der Waals surface area (Å²) in [5.41, 5.74) is 1.27. The fourth-order valence-corrected chi connectivity index (χ4v) is 7.39. The molecule has 2 saturated heterocycles. The van der Waals surface area contributed by atoms with Crippen molar-refractivity contribution in [3.63, 3.8) is 0 Å². The second-order valence-corrected chi connectivity index (χ2v) is 13.5. The molecule has 0 spiro atoms. The second-order valence-electron chi connectivity index (χ2n) is 11.5. The molecule has 5 rings (SSSR count). The molecular weight excluding hydrogens is 611 g/mol. The van der Waals surface area contributed by atoms with Crippen LogP contribution in [-0.2, 0) is 32.2 Å². The Morgan fingerprint density at radius 3 is 2.16 bits per heavy atom. The molecule has 0 saturated carbocycles. The van der Waals surface area contributed by atoms with E-state index in [-0.39, 0.29) is 25.6 Å². The summed E-state index contributed by atoms with van der Waals surface area (Å²) in [4.78, 5) is 37.9. The number of amides is 2. The first-order chi connectivity index (χ1) is 21.3. The summed E-state index contributed by atoms with van der Waals surface area (Å²) >= 11 is 0. The number of cyclic esters (lactones) is 1. The maximum Gasteiger partial charge on any atom is 0.416 e. The smallest absolute Gasteiger partial charge is 0.416 e. The number of benzene rings is 2. The summed E-state index contributed by atoms with van der Waals surface area (Å²) in [7, 11) is -3.87. The molecule has 2 fully saturated rings. The van der Waals surface area contributed by atoms with Gasteiger partial charge in [-0.25, -0.2) is 28.1 Å². The molecule has 3 aromatic rings. The molecule has 0 aliphatic carbocycles. The Hall–Kier alpha value is -4.04. The summed E-state index contributed by atoms with van der Waals surface area (Å²) in [6.07, 6.45) is -1.75. The Kier molecular flexibility index (Phi) is 9.44. The van der Waals surface area contributed by atoms with E-state index in [2.05, 4.69) is 9.97 Å². The molecule has 2 aliphatic rings. The number of aromatic nitrogens is 2. The van der Waals surface area contributed by atoms with Crippen LogP contribution in [0.5, 0.6) is 0 Å². The third-order valence-electron chi connectivity index (χ3n) is 8.12. The van der Waals surface area contributed by atoms with Crippen LogP contribution in [0, 0.1) is 11.8 Å². The molecule has 45 heavy (non-hydrogen) atoms. The number of imide groups is 1. The van der Waals surface area contributed by atoms with Gasteiger partial charge in [-0.2, -0.15) is 17.5 Å². The van der Waals surface area contributed by atoms with Crippen LogP contribution in [0.2, 0.25) is 0 Å². The molecule has 2 atom stereocenters. The standard InChI is InChI=1S/C31H34F3N5O5S/c1-21(2)27(28(40)39-26(19-44-30(39)41)16-22-6-4-3-5-7-22)20-45(42,43)38-14-12-37(13-15-38)29-35-17-24(18-36-29)23-8-10-25(11-9-23)31(32,33)34/h3-11,17-18,21,26-27H,12-16,19-20H2,1-2H3. The highest BCUT2D eigenvalue weighted by molar-refractivity contribution is 7.89. The predicted octanol–water partition coefficient (Wildman–Crippen LogP) is 4.48. The van der Waals surface area contributed by atoms with Crippen molar-refractivity contribution < 1.29 is 35.9 Å². The van der Waals surface area contributed by atoms with Crippen molar-refractivity contribution in [3.05, 3.63) is 78.1 Å². The number of hydrogen-bond acceptors (Lipinski definition) is 8. The van der Waals surface area contributed by atoms with E-state index in [0.717, 1.165) is 22.6 Å². The van der Waals surface area contributed by atoms with Crippen molar-refractivity contribution >= 4 is 28.0 Å². The highest BCUT2D eigenvalue weighted by Crippen LogP contribution is 2.31. The zero-order valence-electron chi connectivity index (χ0n) is 24.9. The van der Waals surface area contributed by atoms with Crippen LogP contribution >= 0.6 is 0 Å². The summed E-state index contributed by atoms with van der Waals surface area (Å²) in [5, 5.41) is 0. The molecule has 1 aromatic heterocycles. The van der Waals surface area contributed by atoms with Crippen molar-refractivity contribution in [3.8, 4) is 11.1 Å². The molecule has 2 aliphatic heterocycles. The largest absolute Gasteiger partial charge is 0.447 e. The number of rotatable bonds is 9. The number of alkyl halides is 3. The second kappa shape index (κ2) is 13.1. The first kappa shape index (κ1) is 32.4. The average molecular weight is 646 g/mol. The van der Waals surface area contributed by atoms with Crippen LogP contribution in [-0.4, -0.2) is 84.2 Å². The lowest BCUT2D eigenvalue weighted by Gasteiger charge is -2.35. The number of hydrogen-bond donors (Lipinski definition) is 0. The lowest BCUT2D eigenvalue weighted by molar-refractivity contribution is -0.137. The molecule has 0 bridgehead atoms. The van der Waals surface area contributed by atoms with Crippen molar-refractivity contribution in [2.45, 2.75) is 32.5 Å². The van der Waals surface area contributed by atoms with Gasteiger partial charge < -0.3 is 9.64 Å². The zero-order valence-corrected chi connectivity index (χ0v) is 25.7. The third-order valence-corrected chi connectivity index (χ3v) is 10.1. The van der Waals surface area contributed by atoms with E-state index in [0.29, 0.717) is 36.6 Å². The van der Waals surface area contributed by atoms with Gasteiger partial charge in [0.25, 0.3) is 0 Å². The first-order valence-electron chi connectivity index (χ1n) is 14.6. The van der Waals surface area contributed by atoms with Crippen molar-refractivity contribution in [1.82, 2.24) is 19.2 Å². The molecule has 10 nitrogen and oxygen atoms in total. The van der Waals surface area contributed by atoms with Crippen LogP contribution in [0.3, 0.4) is 0 Å². The lowest BCUT2D eigenvalue weighted by atomic mass is 9.95. The van der Waals surface area contributed by atoms with Crippen molar-refractivity contribution in [1.29, 1.82) is 0 Å².